The second-order valence-electron chi connectivity index (χ2n) is 12.9. The molecule has 0 heterocycles. The van der Waals surface area contributed by atoms with Crippen LogP contribution in [0.3, 0.4) is 0 Å². The lowest BCUT2D eigenvalue weighted by Crippen LogP contribution is -2.52. The Kier molecular flexibility index (Phi) is 6.55. The van der Waals surface area contributed by atoms with Crippen LogP contribution in [-0.2, 0) is 14.3 Å². The molecule has 6 atom stereocenters. The van der Waals surface area contributed by atoms with Crippen molar-refractivity contribution in [2.45, 2.75) is 123 Å². The highest BCUT2D eigenvalue weighted by Crippen LogP contribution is 2.65. The summed E-state index contributed by atoms with van der Waals surface area (Å²) in [7, 11) is 0. The Bertz CT molecular complexity index is 792. The minimum absolute atomic E-state index is 0.112. The van der Waals surface area contributed by atoms with Crippen molar-refractivity contribution < 1.29 is 14.3 Å². The number of fused-ring (bicyclic) bond motifs is 5. The minimum atomic E-state index is 0.112. The van der Waals surface area contributed by atoms with Gasteiger partial charge >= 0.3 is 5.97 Å². The Labute approximate surface area is 201 Å². The molecule has 0 aromatic heterocycles. The van der Waals surface area contributed by atoms with E-state index >= 15 is 0 Å². The van der Waals surface area contributed by atoms with Gasteiger partial charge in [-0.05, 0) is 93.0 Å². The number of rotatable bonds is 7. The maximum Gasteiger partial charge on any atom is 0.309 e. The molecule has 5 aliphatic carbocycles. The van der Waals surface area contributed by atoms with Gasteiger partial charge in [-0.3, -0.25) is 9.59 Å². The Morgan fingerprint density at radius 3 is 2.61 bits per heavy atom. The van der Waals surface area contributed by atoms with Crippen molar-refractivity contribution in [1.82, 2.24) is 0 Å². The van der Waals surface area contributed by atoms with Crippen molar-refractivity contribution in [1.29, 1.82) is 0 Å². The summed E-state index contributed by atoms with van der Waals surface area (Å²) >= 11 is 0. The van der Waals surface area contributed by atoms with E-state index in [9.17, 15) is 9.59 Å². The third kappa shape index (κ3) is 4.14. The molecule has 0 aliphatic heterocycles. The SMILES string of the molecule is CCCCCCC1CC(C(=O)O[C@H]2CC[C@H]3[C@@H]4CCC5=CC(=O)CC[C@]5(C)[C@H]4CC[C@]23C)C1. The van der Waals surface area contributed by atoms with Gasteiger partial charge in [-0.1, -0.05) is 58.4 Å². The standard InChI is InChI=1S/C30H46O3/c1-4-5-6-7-8-20-17-21(18-20)28(32)33-27-12-11-25-24-10-9-22-19-23(31)13-15-29(22,2)26(24)14-16-30(25,27)3/h19-21,24-27H,4-18H2,1-3H3/t20?,21?,24-,25-,26-,27-,29-,30-/m0/s1. The Balaban J connectivity index is 1.18. The van der Waals surface area contributed by atoms with Crippen LogP contribution in [0, 0.1) is 40.4 Å². The van der Waals surface area contributed by atoms with Crippen molar-refractivity contribution in [2.75, 3.05) is 0 Å². The number of ketones is 1. The van der Waals surface area contributed by atoms with Gasteiger partial charge in [-0.25, -0.2) is 0 Å². The predicted molar refractivity (Wildman–Crippen MR) is 132 cm³/mol. The molecule has 5 rings (SSSR count). The monoisotopic (exact) mass is 454 g/mol. The molecule has 3 nitrogen and oxygen atoms in total. The molecule has 5 aliphatic rings. The first-order valence-corrected chi connectivity index (χ1v) is 14.3. The number of carbonyl (C=O) groups is 2. The normalized spacial score (nSPS) is 44.2. The van der Waals surface area contributed by atoms with Crippen molar-refractivity contribution in [2.24, 2.45) is 40.4 Å². The van der Waals surface area contributed by atoms with E-state index in [0.717, 1.165) is 50.4 Å². The average molecular weight is 455 g/mol. The molecule has 0 radical (unpaired) electrons. The van der Waals surface area contributed by atoms with E-state index < -0.39 is 0 Å². The minimum Gasteiger partial charge on any atom is -0.462 e. The average Bonchev–Trinajstić information content (AvgIpc) is 3.09. The zero-order valence-corrected chi connectivity index (χ0v) is 21.4. The van der Waals surface area contributed by atoms with Gasteiger partial charge in [0.2, 0.25) is 0 Å². The summed E-state index contributed by atoms with van der Waals surface area (Å²) in [6.45, 7) is 7.15. The first kappa shape index (κ1) is 23.6. The maximum absolute atomic E-state index is 13.0. The van der Waals surface area contributed by atoms with Crippen LogP contribution < -0.4 is 0 Å². The van der Waals surface area contributed by atoms with E-state index in [0.29, 0.717) is 17.6 Å². The molecule has 0 N–H and O–H groups in total. The second kappa shape index (κ2) is 9.15. The number of hydrogen-bond donors (Lipinski definition) is 0. The molecular weight excluding hydrogens is 408 g/mol. The van der Waals surface area contributed by atoms with Gasteiger partial charge in [-0.15, -0.1) is 0 Å². The Morgan fingerprint density at radius 2 is 1.82 bits per heavy atom. The molecule has 0 aromatic carbocycles. The van der Waals surface area contributed by atoms with Crippen LogP contribution in [0.1, 0.15) is 117 Å². The van der Waals surface area contributed by atoms with E-state index in [-0.39, 0.29) is 28.8 Å². The summed E-state index contributed by atoms with van der Waals surface area (Å²) in [4.78, 5) is 25.1. The summed E-state index contributed by atoms with van der Waals surface area (Å²) in [5.74, 6) is 3.50. The lowest BCUT2D eigenvalue weighted by Gasteiger charge is -2.57. The third-order valence-electron chi connectivity index (χ3n) is 11.2. The summed E-state index contributed by atoms with van der Waals surface area (Å²) in [6, 6.07) is 0. The van der Waals surface area contributed by atoms with E-state index in [2.05, 4.69) is 20.8 Å². The van der Waals surface area contributed by atoms with E-state index in [1.54, 1.807) is 0 Å². The molecule has 0 amide bonds. The second-order valence-corrected chi connectivity index (χ2v) is 12.9. The zero-order chi connectivity index (χ0) is 23.2. The molecule has 0 aromatic rings. The van der Waals surface area contributed by atoms with Crippen molar-refractivity contribution in [3.05, 3.63) is 11.6 Å². The molecule has 33 heavy (non-hydrogen) atoms. The quantitative estimate of drug-likeness (QED) is 0.297. The predicted octanol–water partition coefficient (Wildman–Crippen LogP) is 7.43. The molecule has 0 spiro atoms. The van der Waals surface area contributed by atoms with Crippen LogP contribution in [0.5, 0.6) is 0 Å². The molecule has 0 saturated heterocycles. The molecule has 4 saturated carbocycles. The van der Waals surface area contributed by atoms with Gasteiger partial charge in [0.15, 0.2) is 5.78 Å². The van der Waals surface area contributed by atoms with Gasteiger partial charge in [0.05, 0.1) is 5.92 Å². The fourth-order valence-corrected chi connectivity index (χ4v) is 8.96. The van der Waals surface area contributed by atoms with Crippen molar-refractivity contribution in [3.63, 3.8) is 0 Å². The van der Waals surface area contributed by atoms with Gasteiger partial charge in [-0.2, -0.15) is 0 Å². The number of ether oxygens (including phenoxy) is 1. The lowest BCUT2D eigenvalue weighted by atomic mass is 9.47. The van der Waals surface area contributed by atoms with Crippen LogP contribution >= 0.6 is 0 Å². The topological polar surface area (TPSA) is 43.4 Å². The first-order valence-electron chi connectivity index (χ1n) is 14.3. The zero-order valence-electron chi connectivity index (χ0n) is 21.4. The number of carbonyl (C=O) groups excluding carboxylic acids is 2. The summed E-state index contributed by atoms with van der Waals surface area (Å²) in [5.41, 5.74) is 1.83. The van der Waals surface area contributed by atoms with Crippen LogP contribution in [-0.4, -0.2) is 17.9 Å². The van der Waals surface area contributed by atoms with E-state index in [1.165, 1.54) is 63.4 Å². The lowest BCUT2D eigenvalue weighted by molar-refractivity contribution is -0.169. The third-order valence-corrected chi connectivity index (χ3v) is 11.2. The summed E-state index contributed by atoms with van der Waals surface area (Å²) in [6.07, 6.45) is 19.6. The molecular formula is C30H46O3. The Morgan fingerprint density at radius 1 is 1.00 bits per heavy atom. The number of hydrogen-bond acceptors (Lipinski definition) is 3. The molecule has 0 unspecified atom stereocenters. The largest absolute Gasteiger partial charge is 0.462 e. The molecule has 3 heteroatoms. The highest BCUT2D eigenvalue weighted by atomic mass is 16.5. The molecule has 4 fully saturated rings. The molecule has 184 valence electrons. The Hall–Kier alpha value is -1.12. The van der Waals surface area contributed by atoms with Crippen LogP contribution in [0.25, 0.3) is 0 Å². The van der Waals surface area contributed by atoms with Gasteiger partial charge in [0.1, 0.15) is 6.10 Å². The highest BCUT2D eigenvalue weighted by molar-refractivity contribution is 5.91. The fraction of sp³-hybridized carbons (Fsp3) is 0.867. The van der Waals surface area contributed by atoms with Gasteiger partial charge < -0.3 is 4.74 Å². The molecule has 0 bridgehead atoms. The number of esters is 1. The number of unbranched alkanes of at least 4 members (excludes halogenated alkanes) is 3. The van der Waals surface area contributed by atoms with Crippen molar-refractivity contribution >= 4 is 11.8 Å². The summed E-state index contributed by atoms with van der Waals surface area (Å²) in [5, 5.41) is 0. The van der Waals surface area contributed by atoms with Crippen LogP contribution in [0.2, 0.25) is 0 Å². The van der Waals surface area contributed by atoms with Crippen molar-refractivity contribution in [3.8, 4) is 0 Å². The maximum atomic E-state index is 13.0. The van der Waals surface area contributed by atoms with Crippen LogP contribution in [0.15, 0.2) is 11.6 Å². The van der Waals surface area contributed by atoms with Gasteiger partial charge in [0, 0.05) is 11.8 Å². The highest BCUT2D eigenvalue weighted by Gasteiger charge is 2.60. The van der Waals surface area contributed by atoms with E-state index in [1.807, 2.05) is 6.08 Å². The fourth-order valence-electron chi connectivity index (χ4n) is 8.96. The smallest absolute Gasteiger partial charge is 0.309 e. The van der Waals surface area contributed by atoms with Crippen LogP contribution in [0.4, 0.5) is 0 Å². The first-order chi connectivity index (χ1) is 15.8. The van der Waals surface area contributed by atoms with Gasteiger partial charge in [0.25, 0.3) is 0 Å². The van der Waals surface area contributed by atoms with E-state index in [4.69, 9.17) is 4.74 Å². The summed E-state index contributed by atoms with van der Waals surface area (Å²) < 4.78 is 6.31. The number of allylic oxidation sites excluding steroid dienone is 1.